The molecule has 4 nitrogen and oxygen atoms in total. The molecule has 1 N–H and O–H groups in total. The lowest BCUT2D eigenvalue weighted by Gasteiger charge is -2.19. The second-order valence-corrected chi connectivity index (χ2v) is 5.30. The summed E-state index contributed by atoms with van der Waals surface area (Å²) in [4.78, 5) is 11.7. The smallest absolute Gasteiger partial charge is 0.412 e. The molecule has 1 heterocycles. The number of nitrogens with one attached hydrogen (secondary N) is 1. The van der Waals surface area contributed by atoms with Crippen LogP contribution in [0.15, 0.2) is 41.0 Å². The molecular weight excluding hydrogens is 261 g/mol. The Kier molecular flexibility index (Phi) is 3.79. The molecule has 20 heavy (non-hydrogen) atoms. The van der Waals surface area contributed by atoms with Crippen LogP contribution in [0.2, 0.25) is 0 Å². The molecule has 1 aromatic carbocycles. The molecule has 106 valence electrons. The Hall–Kier alpha value is -2.30. The van der Waals surface area contributed by atoms with Crippen molar-refractivity contribution in [3.8, 4) is 11.3 Å². The molecule has 0 bridgehead atoms. The first-order valence-corrected chi connectivity index (χ1v) is 6.18. The van der Waals surface area contributed by atoms with Crippen molar-refractivity contribution in [2.45, 2.75) is 26.4 Å². The van der Waals surface area contributed by atoms with Crippen LogP contribution in [0.3, 0.4) is 0 Å². The molecule has 0 fully saturated rings. The van der Waals surface area contributed by atoms with Crippen molar-refractivity contribution in [2.24, 2.45) is 0 Å². The minimum absolute atomic E-state index is 0.281. The first-order valence-electron chi connectivity index (χ1n) is 6.18. The number of benzene rings is 1. The Morgan fingerprint density at radius 2 is 2.05 bits per heavy atom. The van der Waals surface area contributed by atoms with Crippen LogP contribution in [0.4, 0.5) is 14.9 Å². The van der Waals surface area contributed by atoms with Gasteiger partial charge < -0.3 is 9.15 Å². The van der Waals surface area contributed by atoms with E-state index in [0.717, 1.165) is 0 Å². The van der Waals surface area contributed by atoms with Crippen LogP contribution < -0.4 is 5.32 Å². The Labute approximate surface area is 116 Å². The first-order chi connectivity index (χ1) is 9.35. The van der Waals surface area contributed by atoms with Crippen LogP contribution in [0.5, 0.6) is 0 Å². The second-order valence-electron chi connectivity index (χ2n) is 5.30. The molecule has 0 radical (unpaired) electrons. The maximum absolute atomic E-state index is 13.7. The highest BCUT2D eigenvalue weighted by Gasteiger charge is 2.17. The molecule has 0 spiro atoms. The molecule has 0 saturated carbocycles. The number of carbonyl (C=O) groups excluding carboxylic acids is 1. The van der Waals surface area contributed by atoms with Gasteiger partial charge in [0.2, 0.25) is 0 Å². The number of ether oxygens (including phenoxy) is 1. The molecule has 2 rings (SSSR count). The van der Waals surface area contributed by atoms with Gasteiger partial charge in [-0.3, -0.25) is 5.32 Å². The van der Waals surface area contributed by atoms with Crippen LogP contribution in [0, 0.1) is 5.82 Å². The van der Waals surface area contributed by atoms with Crippen LogP contribution in [0.1, 0.15) is 20.8 Å². The van der Waals surface area contributed by atoms with Gasteiger partial charge in [0.25, 0.3) is 0 Å². The SMILES string of the molecule is CC(C)(C)OC(=O)Nc1ccc(F)c(-c2ccco2)c1. The van der Waals surface area contributed by atoms with Crippen LogP contribution in [0.25, 0.3) is 11.3 Å². The average molecular weight is 277 g/mol. The highest BCUT2D eigenvalue weighted by molar-refractivity contribution is 5.86. The molecule has 0 aliphatic carbocycles. The topological polar surface area (TPSA) is 51.5 Å². The van der Waals surface area contributed by atoms with E-state index in [1.165, 1.54) is 24.5 Å². The van der Waals surface area contributed by atoms with Gasteiger partial charge in [0.1, 0.15) is 17.2 Å². The average Bonchev–Trinajstić information content (AvgIpc) is 2.82. The summed E-state index contributed by atoms with van der Waals surface area (Å²) in [6.45, 7) is 5.31. The van der Waals surface area contributed by atoms with E-state index in [9.17, 15) is 9.18 Å². The van der Waals surface area contributed by atoms with Crippen molar-refractivity contribution < 1.29 is 18.3 Å². The maximum Gasteiger partial charge on any atom is 0.412 e. The summed E-state index contributed by atoms with van der Waals surface area (Å²) in [6.07, 6.45) is 0.873. The van der Waals surface area contributed by atoms with Gasteiger partial charge in [0.05, 0.1) is 11.8 Å². The molecule has 1 aromatic heterocycles. The van der Waals surface area contributed by atoms with E-state index in [1.54, 1.807) is 32.9 Å². The highest BCUT2D eigenvalue weighted by atomic mass is 19.1. The Morgan fingerprint density at radius 3 is 2.65 bits per heavy atom. The largest absolute Gasteiger partial charge is 0.464 e. The van der Waals surface area contributed by atoms with Crippen molar-refractivity contribution in [2.75, 3.05) is 5.32 Å². The monoisotopic (exact) mass is 277 g/mol. The van der Waals surface area contributed by atoms with E-state index in [0.29, 0.717) is 11.4 Å². The minimum Gasteiger partial charge on any atom is -0.464 e. The summed E-state index contributed by atoms with van der Waals surface area (Å²) in [5.74, 6) is -0.0231. The van der Waals surface area contributed by atoms with Crippen molar-refractivity contribution >= 4 is 11.8 Å². The predicted molar refractivity (Wildman–Crippen MR) is 74.0 cm³/mol. The molecule has 0 saturated heterocycles. The fourth-order valence-electron chi connectivity index (χ4n) is 1.65. The summed E-state index contributed by atoms with van der Waals surface area (Å²) in [5.41, 5.74) is 0.129. The van der Waals surface area contributed by atoms with Gasteiger partial charge in [-0.2, -0.15) is 0 Å². The molecule has 0 unspecified atom stereocenters. The zero-order valence-corrected chi connectivity index (χ0v) is 11.6. The number of amides is 1. The normalized spacial score (nSPS) is 11.2. The summed E-state index contributed by atoms with van der Waals surface area (Å²) in [6, 6.07) is 7.55. The van der Waals surface area contributed by atoms with Crippen molar-refractivity contribution in [3.63, 3.8) is 0 Å². The van der Waals surface area contributed by atoms with Gasteiger partial charge in [-0.15, -0.1) is 0 Å². The van der Waals surface area contributed by atoms with E-state index in [-0.39, 0.29) is 5.56 Å². The maximum atomic E-state index is 13.7. The quantitative estimate of drug-likeness (QED) is 0.883. The predicted octanol–water partition coefficient (Wildman–Crippen LogP) is 4.43. The highest BCUT2D eigenvalue weighted by Crippen LogP contribution is 2.26. The van der Waals surface area contributed by atoms with E-state index in [1.807, 2.05) is 0 Å². The van der Waals surface area contributed by atoms with Crippen LogP contribution >= 0.6 is 0 Å². The zero-order valence-electron chi connectivity index (χ0n) is 11.6. The fraction of sp³-hybridized carbons (Fsp3) is 0.267. The number of hydrogen-bond acceptors (Lipinski definition) is 3. The van der Waals surface area contributed by atoms with Crippen molar-refractivity contribution in [3.05, 3.63) is 42.4 Å². The first kappa shape index (κ1) is 14.1. The zero-order chi connectivity index (χ0) is 14.8. The van der Waals surface area contributed by atoms with Crippen molar-refractivity contribution in [1.29, 1.82) is 0 Å². The van der Waals surface area contributed by atoms with Crippen LogP contribution in [-0.4, -0.2) is 11.7 Å². The number of hydrogen-bond donors (Lipinski definition) is 1. The summed E-state index contributed by atoms with van der Waals surface area (Å²) < 4.78 is 24.0. The molecule has 1 amide bonds. The van der Waals surface area contributed by atoms with Crippen LogP contribution in [-0.2, 0) is 4.74 Å². The summed E-state index contributed by atoms with van der Waals surface area (Å²) >= 11 is 0. The molecule has 0 atom stereocenters. The van der Waals surface area contributed by atoms with E-state index in [4.69, 9.17) is 9.15 Å². The van der Waals surface area contributed by atoms with Gasteiger partial charge in [-0.25, -0.2) is 9.18 Å². The van der Waals surface area contributed by atoms with Gasteiger partial charge in [0, 0.05) is 5.69 Å². The van der Waals surface area contributed by atoms with Gasteiger partial charge in [-0.1, -0.05) is 0 Å². The Morgan fingerprint density at radius 1 is 1.30 bits per heavy atom. The number of halogens is 1. The number of rotatable bonds is 2. The second kappa shape index (κ2) is 5.36. The Balaban J connectivity index is 2.18. The molecular formula is C15H16FNO3. The third kappa shape index (κ3) is 3.60. The Bertz CT molecular complexity index is 600. The number of furan rings is 1. The van der Waals surface area contributed by atoms with E-state index in [2.05, 4.69) is 5.32 Å². The number of anilines is 1. The summed E-state index contributed by atoms with van der Waals surface area (Å²) in [7, 11) is 0. The van der Waals surface area contributed by atoms with Gasteiger partial charge in [0.15, 0.2) is 0 Å². The van der Waals surface area contributed by atoms with Gasteiger partial charge >= 0.3 is 6.09 Å². The third-order valence-corrected chi connectivity index (χ3v) is 2.40. The summed E-state index contributed by atoms with van der Waals surface area (Å²) in [5, 5.41) is 2.56. The molecule has 0 aliphatic heterocycles. The van der Waals surface area contributed by atoms with E-state index < -0.39 is 17.5 Å². The molecule has 0 aliphatic rings. The lowest BCUT2D eigenvalue weighted by molar-refractivity contribution is 0.0636. The van der Waals surface area contributed by atoms with E-state index >= 15 is 0 Å². The fourth-order valence-corrected chi connectivity index (χ4v) is 1.65. The standard InChI is InChI=1S/C15H16FNO3/c1-15(2,3)20-14(18)17-10-6-7-12(16)11(9-10)13-5-4-8-19-13/h4-9H,1-3H3,(H,17,18). The molecule has 5 heteroatoms. The van der Waals surface area contributed by atoms with Crippen molar-refractivity contribution in [1.82, 2.24) is 0 Å². The minimum atomic E-state index is -0.589. The van der Waals surface area contributed by atoms with Gasteiger partial charge in [-0.05, 0) is 51.1 Å². The lowest BCUT2D eigenvalue weighted by atomic mass is 10.1. The molecule has 2 aromatic rings. The lowest BCUT2D eigenvalue weighted by Crippen LogP contribution is -2.27. The third-order valence-electron chi connectivity index (χ3n) is 2.40. The number of carbonyl (C=O) groups is 1.